The third-order valence-electron chi connectivity index (χ3n) is 14.8. The first-order valence-corrected chi connectivity index (χ1v) is 34.0. The third kappa shape index (κ3) is 33.7. The van der Waals surface area contributed by atoms with Gasteiger partial charge in [-0.15, -0.1) is 0 Å². The molecule has 643 valence electrons. The Morgan fingerprint density at radius 1 is 0.573 bits per heavy atom. The van der Waals surface area contributed by atoms with Crippen LogP contribution in [0.4, 0.5) is 32.3 Å². The van der Waals surface area contributed by atoms with Crippen LogP contribution < -0.4 is 50.4 Å². The van der Waals surface area contributed by atoms with Crippen molar-refractivity contribution in [3.63, 3.8) is 0 Å². The van der Waals surface area contributed by atoms with Crippen LogP contribution in [0.15, 0.2) is 133 Å². The molecule has 1 saturated heterocycles. The summed E-state index contributed by atoms with van der Waals surface area (Å²) in [6.07, 6.45) is -25.6. The van der Waals surface area contributed by atoms with E-state index in [-0.39, 0.29) is 107 Å². The first-order valence-electron chi connectivity index (χ1n) is 44.2. The summed E-state index contributed by atoms with van der Waals surface area (Å²) in [4.78, 5) is 170. The van der Waals surface area contributed by atoms with Gasteiger partial charge in [-0.3, -0.25) is 63.5 Å². The number of anilines is 4. The predicted molar refractivity (Wildman–Crippen MR) is 457 cm³/mol. The number of nitrogens with two attached hydrogens (primary N) is 6. The fourth-order valence-electron chi connectivity index (χ4n) is 9.69. The first-order chi connectivity index (χ1) is 62.5. The van der Waals surface area contributed by atoms with E-state index >= 15 is 0 Å². The normalized spacial score (nSPS) is 17.4. The Morgan fingerprint density at radius 2 is 0.966 bits per heavy atom. The maximum atomic E-state index is 13.1. The van der Waals surface area contributed by atoms with Crippen molar-refractivity contribution in [1.29, 1.82) is 0 Å². The van der Waals surface area contributed by atoms with Crippen molar-refractivity contribution >= 4 is 145 Å². The van der Waals surface area contributed by atoms with E-state index in [0.717, 1.165) is 47.2 Å². The number of hydrogen-bond donors (Lipinski definition) is 9. The van der Waals surface area contributed by atoms with E-state index in [0.29, 0.717) is 39.0 Å². The Hall–Kier alpha value is -10.9. The molecule has 0 saturated carbocycles. The zero-order valence-corrected chi connectivity index (χ0v) is 68.3. The molecule has 0 aliphatic carbocycles. The molecule has 0 aromatic heterocycles. The van der Waals surface area contributed by atoms with Gasteiger partial charge in [-0.05, 0) is 85.1 Å². The molecule has 4 heterocycles. The van der Waals surface area contributed by atoms with Crippen molar-refractivity contribution in [2.75, 3.05) is 50.5 Å². The van der Waals surface area contributed by atoms with E-state index in [1.165, 1.54) is 79.5 Å². The zero-order valence-electron chi connectivity index (χ0n) is 84.1. The maximum Gasteiger partial charge on any atom is 0.411 e. The molecule has 1 fully saturated rings. The number of nitrogens with zero attached hydrogens (tertiary/aromatic N) is 3. The Bertz CT molecular complexity index is 5140. The topological polar surface area (TPSA) is 496 Å². The molecule has 1 radical (unpaired) electrons. The number of esters is 4. The van der Waals surface area contributed by atoms with Crippen LogP contribution in [-0.2, 0) is 124 Å². The van der Waals surface area contributed by atoms with Gasteiger partial charge in [-0.1, -0.05) is 160 Å². The van der Waals surface area contributed by atoms with Gasteiger partial charge in [0.1, 0.15) is 37.4 Å². The molecule has 4 unspecified atom stereocenters. The van der Waals surface area contributed by atoms with Gasteiger partial charge in [0.25, 0.3) is 17.7 Å². The average molecular weight is 1870 g/mol. The molecular formula is C82H115BrIN12O20V-. The van der Waals surface area contributed by atoms with Crippen LogP contribution in [0, 0.1) is 4.43 Å². The standard InChI is InChI=1S/C22H23N3O6.C17H16BrNO4.C14H17N3O4.C13H13N3O3.C6H12N2O3.C3H6I.7CH4.V/c1-30-21(28)18(10-11-19(23)26)25-12-16-15(20(25)27)8-5-9-17(16)24-22(29)31-13-14-6-3-2-4-7-14;1-22-16(20)13-8-5-9-15(14(13)10-18)19-17(21)23-11-12-6-3-2-4-7-12;1-21-14(20)11(5-6-12(16)18)17-7-9-8(13(17)19)3-2-4-10(9)15;14-9-3-1-2-7-8(9)6-16(13(7)19)10-4-5-11(17)15-12(10)18;1-11-6(10)4(7)2-3-5(8)9;1-2-3-4;;;;;;;;/h2-9,18H,10-13H2,1H3,(H2,23,26)(H,24,29);2-9H,10-11H2,1H3,(H,19,21);2-4,11H,5-7,15H2,1H3,(H2,16,18);1-3,10H,4-6,14H2,(H,15,17,18);4H,2-3,7H2,1H3,(H2,8,9);3H,2H2,1H3;7*1H4;/q;;;;;-1;;;;;;;;/i10D2,11D2;;5D2,6D2;4D2,5D2;2D2,3D2,4D;;4*1D;;;;. The number of piperidine rings is 1. The number of rotatable bonds is 24. The number of imide groups is 1. The molecule has 35 heteroatoms. The van der Waals surface area contributed by atoms with E-state index in [4.69, 9.17) is 71.7 Å². The molecular weight excluding hydrogens is 1730 g/mol. The summed E-state index contributed by atoms with van der Waals surface area (Å²) in [5, 5.41) is 7.37. The number of amides is 10. The van der Waals surface area contributed by atoms with Crippen molar-refractivity contribution in [3.8, 4) is 0 Å². The predicted octanol–water partition coefficient (Wildman–Crippen LogP) is 11.6. The molecule has 6 aromatic rings. The Kier molecular flexibility index (Phi) is 37.8. The minimum Gasteiger partial charge on any atom is -0.468 e. The van der Waals surface area contributed by atoms with Crippen LogP contribution in [0.2, 0.25) is 0 Å². The molecule has 10 amide bonds. The van der Waals surface area contributed by atoms with Crippen molar-refractivity contribution < 1.29 is 143 Å². The van der Waals surface area contributed by atoms with E-state index in [9.17, 15) is 67.1 Å². The molecule has 4 atom stereocenters. The van der Waals surface area contributed by atoms with Crippen molar-refractivity contribution in [2.45, 2.75) is 179 Å². The average Bonchev–Trinajstić information content (AvgIpc) is 1.50. The number of carbonyl (C=O) groups excluding carboxylic acids is 14. The Balaban J connectivity index is -0.000000797. The molecule has 10 rings (SSSR count). The molecule has 0 bridgehead atoms. The summed E-state index contributed by atoms with van der Waals surface area (Å²) in [5.74, 6) is -13.9. The summed E-state index contributed by atoms with van der Waals surface area (Å²) in [6.45, 7) is 1.56. The minimum absolute atomic E-state index is 0. The number of alkyl halides is 1. The Morgan fingerprint density at radius 3 is 1.38 bits per heavy atom. The van der Waals surface area contributed by atoms with Gasteiger partial charge in [-0.2, -0.15) is 6.42 Å². The number of primary amides is 3. The number of ether oxygens (including phenoxy) is 6. The van der Waals surface area contributed by atoms with Gasteiger partial charge < -0.3 is 100 Å². The van der Waals surface area contributed by atoms with E-state index < -0.39 is 158 Å². The van der Waals surface area contributed by atoms with Crippen LogP contribution in [0.1, 0.15) is 220 Å². The van der Waals surface area contributed by atoms with Crippen molar-refractivity contribution in [2.24, 2.45) is 22.9 Å². The van der Waals surface area contributed by atoms with Crippen LogP contribution in [0.3, 0.4) is 0 Å². The number of hydrogen-bond acceptors (Lipinski definition) is 23. The fourth-order valence-corrected chi connectivity index (χ4v) is 10.3. The zero-order chi connectivity index (χ0) is 104. The molecule has 32 nitrogen and oxygen atoms in total. The van der Waals surface area contributed by atoms with Gasteiger partial charge in [0.2, 0.25) is 29.5 Å². The van der Waals surface area contributed by atoms with E-state index in [2.05, 4.69) is 80.4 Å². The van der Waals surface area contributed by atoms with Gasteiger partial charge in [0.15, 0.2) is 0 Å². The smallest absolute Gasteiger partial charge is 0.411 e. The number of fused-ring (bicyclic) bond motifs is 3. The minimum atomic E-state index is -3.33. The largest absolute Gasteiger partial charge is 0.468 e. The van der Waals surface area contributed by atoms with Crippen LogP contribution in [0.25, 0.3) is 0 Å². The number of halogens is 2. The molecule has 0 spiro atoms. The molecule has 4 aliphatic rings. The van der Waals surface area contributed by atoms with E-state index in [1.807, 2.05) is 36.4 Å². The van der Waals surface area contributed by atoms with Crippen molar-refractivity contribution in [1.82, 2.24) is 20.0 Å². The molecule has 6 aromatic carbocycles. The van der Waals surface area contributed by atoms with Crippen molar-refractivity contribution in [3.05, 3.63) is 194 Å². The SMILES string of the molecule is C.C.C.CC[CH-]I.COC(=O)c1cccc(NC(=O)OCc2ccccc2)c1CBr.[2H]C.[2H]C.[2H]C.[2H]C.[2H]C([2H])(C(N)=O)C([2H])([2H])C(C(=O)OC)N1Cc2c(N)cccc2C1=O.[2H]C([2H])(C(N)=O)C([2H])([2H])C(C(=O)OC)N1Cc2c(NC(=O)OCc3ccccc3)cccc2C1=O.[2H]C([2H])(C(N)=O)C([2H])([2H])C([2H])(N)C(=O)OC.[2H]C1([2H])C(=O)NC(=O)C(N2Cc3c(N)cccc3C2=O)C1([2H])[2H].[V]. The molecule has 4 aliphatic heterocycles. The van der Waals surface area contributed by atoms with Gasteiger partial charge in [0.05, 0.1) is 35.4 Å². The number of carbonyl (C=O) groups is 14. The monoisotopic (exact) mass is 1870 g/mol. The van der Waals surface area contributed by atoms with Gasteiger partial charge >= 0.3 is 36.1 Å². The van der Waals surface area contributed by atoms with Crippen LogP contribution in [-0.4, -0.2) is 151 Å². The summed E-state index contributed by atoms with van der Waals surface area (Å²) >= 11 is 5.55. The number of nitrogens with one attached hydrogen (secondary N) is 3. The molecule has 15 N–H and O–H groups in total. The fraction of sp³-hybridized carbons (Fsp3) is 0.378. The third-order valence-corrected chi connectivity index (χ3v) is 16.3. The quantitative estimate of drug-likeness (QED) is 0.00517. The van der Waals surface area contributed by atoms with Crippen LogP contribution >= 0.6 is 38.5 Å². The summed E-state index contributed by atoms with van der Waals surface area (Å²) in [7, 11) is 9.07. The van der Waals surface area contributed by atoms with Crippen LogP contribution in [0.5, 0.6) is 0 Å². The Labute approximate surface area is 749 Å². The second-order valence-electron chi connectivity index (χ2n) is 21.9. The first kappa shape index (κ1) is 77.3. The summed E-state index contributed by atoms with van der Waals surface area (Å²) in [6, 6.07) is 27.9. The number of nitrogen functional groups attached to an aromatic ring is 2. The number of benzene rings is 6. The second kappa shape index (κ2) is 57.2. The van der Waals surface area contributed by atoms with E-state index in [1.54, 1.807) is 66.0 Å². The molecule has 117 heavy (non-hydrogen) atoms. The van der Waals surface area contributed by atoms with Gasteiger partial charge in [-0.25, -0.2) is 24.0 Å². The summed E-state index contributed by atoms with van der Waals surface area (Å²) in [5.41, 5.74) is 36.8. The van der Waals surface area contributed by atoms with Gasteiger partial charge in [0, 0.05) is 158 Å². The number of methoxy groups -OCH3 is 4. The maximum absolute atomic E-state index is 13.1. The second-order valence-corrected chi connectivity index (χ2v) is 23.3. The summed E-state index contributed by atoms with van der Waals surface area (Å²) < 4.78 is 184.